The van der Waals surface area contributed by atoms with Gasteiger partial charge in [-0.2, -0.15) is 0 Å². The molecule has 5 heteroatoms. The van der Waals surface area contributed by atoms with Gasteiger partial charge in [-0.1, -0.05) is 12.1 Å². The molecule has 2 N–H and O–H groups in total. The number of benzene rings is 2. The van der Waals surface area contributed by atoms with Crippen molar-refractivity contribution in [3.05, 3.63) is 42.5 Å². The Labute approximate surface area is 121 Å². The summed E-state index contributed by atoms with van der Waals surface area (Å²) in [5.74, 6) is 1.19. The van der Waals surface area contributed by atoms with E-state index in [9.17, 15) is 0 Å². The second-order valence-electron chi connectivity index (χ2n) is 4.33. The largest absolute Gasteiger partial charge is 0.494 e. The Hall–Kier alpha value is -2.14. The van der Waals surface area contributed by atoms with Crippen LogP contribution < -0.4 is 10.5 Å². The third-order valence-corrected chi connectivity index (χ3v) is 3.93. The zero-order valence-corrected chi connectivity index (χ0v) is 12.1. The van der Waals surface area contributed by atoms with E-state index in [1.807, 2.05) is 34.9 Å². The van der Waals surface area contributed by atoms with E-state index in [2.05, 4.69) is 23.4 Å². The first-order valence-electron chi connectivity index (χ1n) is 6.20. The fraction of sp³-hybridized carbons (Fsp3) is 0.133. The second-order valence-corrected chi connectivity index (χ2v) is 5.21. The molecule has 0 aliphatic heterocycles. The topological polar surface area (TPSA) is 53.1 Å². The van der Waals surface area contributed by atoms with Crippen LogP contribution in [0.4, 0.5) is 5.95 Å². The van der Waals surface area contributed by atoms with Crippen molar-refractivity contribution in [1.29, 1.82) is 0 Å². The van der Waals surface area contributed by atoms with Gasteiger partial charge in [-0.05, 0) is 36.6 Å². The lowest BCUT2D eigenvalue weighted by Crippen LogP contribution is -2.00. The van der Waals surface area contributed by atoms with Crippen molar-refractivity contribution in [3.8, 4) is 11.4 Å². The van der Waals surface area contributed by atoms with Crippen molar-refractivity contribution in [3.63, 3.8) is 0 Å². The number of thioether (sulfide) groups is 1. The monoisotopic (exact) mass is 285 g/mol. The molecule has 0 amide bonds. The van der Waals surface area contributed by atoms with Crippen LogP contribution in [0.2, 0.25) is 0 Å². The summed E-state index contributed by atoms with van der Waals surface area (Å²) >= 11 is 1.70. The Kier molecular flexibility index (Phi) is 3.28. The quantitative estimate of drug-likeness (QED) is 0.750. The average molecular weight is 285 g/mol. The summed E-state index contributed by atoms with van der Waals surface area (Å²) in [4.78, 5) is 5.61. The number of hydrogen-bond acceptors (Lipinski definition) is 4. The average Bonchev–Trinajstić information content (AvgIpc) is 2.83. The normalized spacial score (nSPS) is 10.9. The van der Waals surface area contributed by atoms with E-state index in [0.717, 1.165) is 22.5 Å². The number of imidazole rings is 1. The van der Waals surface area contributed by atoms with Gasteiger partial charge in [-0.25, -0.2) is 4.98 Å². The molecule has 0 radical (unpaired) electrons. The summed E-state index contributed by atoms with van der Waals surface area (Å²) in [6, 6.07) is 14.0. The van der Waals surface area contributed by atoms with Crippen LogP contribution in [0.25, 0.3) is 16.7 Å². The Morgan fingerprint density at radius 2 is 2.00 bits per heavy atom. The van der Waals surface area contributed by atoms with Gasteiger partial charge in [0.15, 0.2) is 0 Å². The summed E-state index contributed by atoms with van der Waals surface area (Å²) in [5.41, 5.74) is 8.82. The number of nitrogen functional groups attached to an aromatic ring is 1. The van der Waals surface area contributed by atoms with E-state index < -0.39 is 0 Å². The third-order valence-electron chi connectivity index (χ3n) is 3.21. The second kappa shape index (κ2) is 5.09. The molecule has 0 aliphatic carbocycles. The maximum atomic E-state index is 6.09. The number of para-hydroxylation sites is 1. The maximum absolute atomic E-state index is 6.09. The molecule has 0 spiro atoms. The fourth-order valence-corrected chi connectivity index (χ4v) is 2.73. The van der Waals surface area contributed by atoms with E-state index in [4.69, 9.17) is 10.5 Å². The number of anilines is 1. The van der Waals surface area contributed by atoms with Gasteiger partial charge in [-0.15, -0.1) is 11.8 Å². The molecule has 3 rings (SSSR count). The Bertz CT molecular complexity index is 767. The first-order chi connectivity index (χ1) is 9.74. The van der Waals surface area contributed by atoms with Gasteiger partial charge in [0.05, 0.1) is 18.3 Å². The molecule has 0 atom stereocenters. The maximum Gasteiger partial charge on any atom is 0.206 e. The lowest BCUT2D eigenvalue weighted by molar-refractivity contribution is 0.419. The van der Waals surface area contributed by atoms with Crippen LogP contribution in [0.5, 0.6) is 5.75 Å². The summed E-state index contributed by atoms with van der Waals surface area (Å²) in [6.07, 6.45) is 2.05. The molecule has 0 saturated heterocycles. The molecule has 102 valence electrons. The van der Waals surface area contributed by atoms with Gasteiger partial charge in [0, 0.05) is 4.90 Å². The molecular formula is C15H15N3OS. The van der Waals surface area contributed by atoms with Crippen LogP contribution in [-0.2, 0) is 0 Å². The fourth-order valence-electron chi connectivity index (χ4n) is 2.28. The highest BCUT2D eigenvalue weighted by molar-refractivity contribution is 7.98. The van der Waals surface area contributed by atoms with Crippen LogP contribution in [0.1, 0.15) is 0 Å². The molecule has 4 nitrogen and oxygen atoms in total. The minimum absolute atomic E-state index is 0.461. The number of fused-ring (bicyclic) bond motifs is 1. The van der Waals surface area contributed by atoms with Gasteiger partial charge in [0.25, 0.3) is 0 Å². The molecule has 0 fully saturated rings. The minimum atomic E-state index is 0.461. The molecular weight excluding hydrogens is 270 g/mol. The van der Waals surface area contributed by atoms with Gasteiger partial charge in [0.1, 0.15) is 11.3 Å². The van der Waals surface area contributed by atoms with Gasteiger partial charge in [-0.3, -0.25) is 4.57 Å². The number of hydrogen-bond donors (Lipinski definition) is 1. The van der Waals surface area contributed by atoms with Crippen molar-refractivity contribution < 1.29 is 4.74 Å². The van der Waals surface area contributed by atoms with Gasteiger partial charge in [0.2, 0.25) is 5.95 Å². The highest BCUT2D eigenvalue weighted by Gasteiger charge is 2.13. The molecule has 0 saturated carbocycles. The first kappa shape index (κ1) is 12.9. The molecule has 0 unspecified atom stereocenters. The Balaban J connectivity index is 2.28. The Morgan fingerprint density at radius 3 is 2.75 bits per heavy atom. The predicted molar refractivity (Wildman–Crippen MR) is 83.8 cm³/mol. The number of nitrogens with zero attached hydrogens (tertiary/aromatic N) is 2. The molecule has 0 aliphatic rings. The summed E-state index contributed by atoms with van der Waals surface area (Å²) in [5, 5.41) is 0. The number of nitrogens with two attached hydrogens (primary N) is 1. The van der Waals surface area contributed by atoms with Crippen LogP contribution in [0.3, 0.4) is 0 Å². The van der Waals surface area contributed by atoms with Crippen LogP contribution in [-0.4, -0.2) is 22.9 Å². The Morgan fingerprint density at radius 1 is 1.20 bits per heavy atom. The van der Waals surface area contributed by atoms with E-state index >= 15 is 0 Å². The molecule has 2 aromatic carbocycles. The van der Waals surface area contributed by atoms with Gasteiger partial charge >= 0.3 is 0 Å². The number of rotatable bonds is 3. The summed E-state index contributed by atoms with van der Waals surface area (Å²) in [6.45, 7) is 0. The van der Waals surface area contributed by atoms with E-state index in [0.29, 0.717) is 5.95 Å². The molecule has 20 heavy (non-hydrogen) atoms. The zero-order valence-electron chi connectivity index (χ0n) is 11.3. The summed E-state index contributed by atoms with van der Waals surface area (Å²) in [7, 11) is 1.64. The molecule has 3 aromatic rings. The number of methoxy groups -OCH3 is 1. The predicted octanol–water partition coefficient (Wildman–Crippen LogP) is 3.34. The molecule has 1 heterocycles. The highest BCUT2D eigenvalue weighted by Crippen LogP contribution is 2.30. The third kappa shape index (κ3) is 2.00. The zero-order chi connectivity index (χ0) is 14.1. The summed E-state index contributed by atoms with van der Waals surface area (Å²) < 4.78 is 7.28. The van der Waals surface area contributed by atoms with E-state index in [-0.39, 0.29) is 0 Å². The van der Waals surface area contributed by atoms with Crippen molar-refractivity contribution in [2.24, 2.45) is 0 Å². The molecule has 0 bridgehead atoms. The van der Waals surface area contributed by atoms with Crippen LogP contribution in [0.15, 0.2) is 47.4 Å². The highest BCUT2D eigenvalue weighted by atomic mass is 32.2. The lowest BCUT2D eigenvalue weighted by Gasteiger charge is -2.08. The van der Waals surface area contributed by atoms with E-state index in [1.165, 1.54) is 4.90 Å². The number of aromatic nitrogens is 2. The minimum Gasteiger partial charge on any atom is -0.494 e. The van der Waals surface area contributed by atoms with Crippen molar-refractivity contribution in [2.45, 2.75) is 4.90 Å². The first-order valence-corrected chi connectivity index (χ1v) is 7.42. The van der Waals surface area contributed by atoms with Gasteiger partial charge < -0.3 is 10.5 Å². The van der Waals surface area contributed by atoms with Crippen molar-refractivity contribution in [2.75, 3.05) is 19.1 Å². The van der Waals surface area contributed by atoms with Crippen molar-refractivity contribution in [1.82, 2.24) is 9.55 Å². The van der Waals surface area contributed by atoms with Crippen molar-refractivity contribution >= 4 is 28.7 Å². The SMILES string of the molecule is COc1cccc2c1nc(N)n2-c1cccc(SC)c1. The van der Waals surface area contributed by atoms with Crippen LogP contribution >= 0.6 is 11.8 Å². The van der Waals surface area contributed by atoms with E-state index in [1.54, 1.807) is 18.9 Å². The smallest absolute Gasteiger partial charge is 0.206 e. The number of ether oxygens (including phenoxy) is 1. The van der Waals surface area contributed by atoms with Crippen LogP contribution in [0, 0.1) is 0 Å². The molecule has 1 aromatic heterocycles. The standard InChI is InChI=1S/C15H15N3OS/c1-19-13-8-4-7-12-14(13)17-15(16)18(12)10-5-3-6-11(9-10)20-2/h3-9H,1-2H3,(H2,16,17). The lowest BCUT2D eigenvalue weighted by atomic mass is 10.2.